The van der Waals surface area contributed by atoms with Gasteiger partial charge in [-0.15, -0.1) is 11.3 Å². The van der Waals surface area contributed by atoms with Crippen LogP contribution >= 0.6 is 27.3 Å². The number of thiophene rings is 1. The summed E-state index contributed by atoms with van der Waals surface area (Å²) in [6, 6.07) is 7.33. The molecule has 0 aliphatic rings. The van der Waals surface area contributed by atoms with Gasteiger partial charge in [0.15, 0.2) is 0 Å². The van der Waals surface area contributed by atoms with Gasteiger partial charge < -0.3 is 15.4 Å². The lowest BCUT2D eigenvalue weighted by Gasteiger charge is -2.16. The minimum atomic E-state index is -0.396. The molecule has 0 unspecified atom stereocenters. The van der Waals surface area contributed by atoms with Crippen molar-refractivity contribution in [1.29, 1.82) is 0 Å². The summed E-state index contributed by atoms with van der Waals surface area (Å²) in [5, 5.41) is 6.17. The second-order valence-corrected chi connectivity index (χ2v) is 8.54. The Labute approximate surface area is 182 Å². The summed E-state index contributed by atoms with van der Waals surface area (Å²) < 4.78 is 5.94. The monoisotopic (exact) mass is 481 g/mol. The number of esters is 1. The first-order valence-corrected chi connectivity index (χ1v) is 10.6. The largest absolute Gasteiger partial charge is 0.462 e. The van der Waals surface area contributed by atoms with E-state index in [0.717, 1.165) is 21.3 Å². The van der Waals surface area contributed by atoms with E-state index in [1.165, 1.54) is 11.3 Å². The molecule has 2 aromatic rings. The fourth-order valence-electron chi connectivity index (χ4n) is 2.62. The second-order valence-electron chi connectivity index (χ2n) is 6.57. The first kappa shape index (κ1) is 23.1. The van der Waals surface area contributed by atoms with Crippen LogP contribution in [0.5, 0.6) is 0 Å². The van der Waals surface area contributed by atoms with Gasteiger partial charge in [-0.2, -0.15) is 0 Å². The molecule has 1 heterocycles. The van der Waals surface area contributed by atoms with Crippen LogP contribution in [0.15, 0.2) is 28.7 Å². The minimum Gasteiger partial charge on any atom is -0.462 e. The van der Waals surface area contributed by atoms with Gasteiger partial charge in [0, 0.05) is 10.2 Å². The van der Waals surface area contributed by atoms with Crippen LogP contribution in [0.4, 0.5) is 10.7 Å². The molecular formula is C20H24BrN3O4S. The molecule has 0 aliphatic heterocycles. The number of hydrogen-bond donors (Lipinski definition) is 2. The third-order valence-electron chi connectivity index (χ3n) is 3.93. The zero-order valence-corrected chi connectivity index (χ0v) is 19.2. The van der Waals surface area contributed by atoms with Crippen molar-refractivity contribution in [3.8, 4) is 0 Å². The Morgan fingerprint density at radius 1 is 1.07 bits per heavy atom. The topological polar surface area (TPSA) is 87.7 Å². The molecule has 0 radical (unpaired) electrons. The summed E-state index contributed by atoms with van der Waals surface area (Å²) in [5.74, 6) is -0.869. The van der Waals surface area contributed by atoms with E-state index in [1.807, 2.05) is 25.1 Å². The van der Waals surface area contributed by atoms with Crippen molar-refractivity contribution in [2.45, 2.75) is 20.8 Å². The lowest BCUT2D eigenvalue weighted by Crippen LogP contribution is -2.36. The standard InChI is InChI=1S/C20H24BrN3O4S/c1-5-28-20(27)19-13(3)9-18(29-19)23-17(26)11-24(4)10-16(25)22-15-7-6-14(21)8-12(15)2/h6-9H,5,10-11H2,1-4H3,(H,22,25)(H,23,26). The first-order chi connectivity index (χ1) is 13.7. The van der Waals surface area contributed by atoms with Crippen molar-refractivity contribution in [2.75, 3.05) is 37.4 Å². The van der Waals surface area contributed by atoms with E-state index in [0.29, 0.717) is 16.5 Å². The Hall–Kier alpha value is -2.23. The molecule has 0 spiro atoms. The van der Waals surface area contributed by atoms with Crippen molar-refractivity contribution >= 4 is 55.7 Å². The average molecular weight is 482 g/mol. The van der Waals surface area contributed by atoms with Crippen molar-refractivity contribution in [2.24, 2.45) is 0 Å². The lowest BCUT2D eigenvalue weighted by molar-refractivity contribution is -0.119. The predicted molar refractivity (Wildman–Crippen MR) is 119 cm³/mol. The van der Waals surface area contributed by atoms with Gasteiger partial charge in [-0.25, -0.2) is 4.79 Å². The van der Waals surface area contributed by atoms with Gasteiger partial charge in [0.2, 0.25) is 11.8 Å². The number of rotatable bonds is 8. The maximum atomic E-state index is 12.3. The number of amides is 2. The number of aryl methyl sites for hydroxylation is 2. The molecule has 1 aromatic heterocycles. The number of anilines is 2. The number of ether oxygens (including phenoxy) is 1. The van der Waals surface area contributed by atoms with Crippen molar-refractivity contribution < 1.29 is 19.1 Å². The van der Waals surface area contributed by atoms with Gasteiger partial charge in [-0.05, 0) is 63.2 Å². The van der Waals surface area contributed by atoms with Crippen LogP contribution in [0.25, 0.3) is 0 Å². The highest BCUT2D eigenvalue weighted by Gasteiger charge is 2.17. The van der Waals surface area contributed by atoms with Crippen molar-refractivity contribution in [3.05, 3.63) is 44.7 Å². The van der Waals surface area contributed by atoms with Crippen LogP contribution in [0.2, 0.25) is 0 Å². The smallest absolute Gasteiger partial charge is 0.348 e. The number of nitrogens with one attached hydrogen (secondary N) is 2. The molecule has 156 valence electrons. The number of carbonyl (C=O) groups is 3. The first-order valence-electron chi connectivity index (χ1n) is 9.01. The van der Waals surface area contributed by atoms with E-state index in [2.05, 4.69) is 26.6 Å². The number of hydrogen-bond acceptors (Lipinski definition) is 6. The van der Waals surface area contributed by atoms with Crippen molar-refractivity contribution in [3.63, 3.8) is 0 Å². The van der Waals surface area contributed by atoms with E-state index >= 15 is 0 Å². The van der Waals surface area contributed by atoms with Crippen LogP contribution in [0.3, 0.4) is 0 Å². The van der Waals surface area contributed by atoms with Gasteiger partial charge in [0.05, 0.1) is 24.7 Å². The van der Waals surface area contributed by atoms with Crippen LogP contribution in [0.1, 0.15) is 27.7 Å². The second kappa shape index (κ2) is 10.5. The minimum absolute atomic E-state index is 0.0401. The molecule has 0 aliphatic carbocycles. The zero-order valence-electron chi connectivity index (χ0n) is 16.8. The van der Waals surface area contributed by atoms with Gasteiger partial charge in [0.25, 0.3) is 0 Å². The molecule has 0 saturated carbocycles. The fourth-order valence-corrected chi connectivity index (χ4v) is 4.08. The number of nitrogens with zero attached hydrogens (tertiary/aromatic N) is 1. The molecular weight excluding hydrogens is 458 g/mol. The highest BCUT2D eigenvalue weighted by Crippen LogP contribution is 2.27. The Kier molecular flexibility index (Phi) is 8.36. The summed E-state index contributed by atoms with van der Waals surface area (Å²) in [7, 11) is 1.69. The van der Waals surface area contributed by atoms with E-state index < -0.39 is 5.97 Å². The molecule has 29 heavy (non-hydrogen) atoms. The molecule has 0 atom stereocenters. The number of likely N-dealkylation sites (N-methyl/N-ethyl adjacent to an activating group) is 1. The number of halogens is 1. The quantitative estimate of drug-likeness (QED) is 0.559. The summed E-state index contributed by atoms with van der Waals surface area (Å²) in [6.45, 7) is 5.85. The van der Waals surface area contributed by atoms with Gasteiger partial charge in [-0.1, -0.05) is 15.9 Å². The highest BCUT2D eigenvalue weighted by atomic mass is 79.9. The predicted octanol–water partition coefficient (Wildman–Crippen LogP) is 3.81. The number of carbonyl (C=O) groups excluding carboxylic acids is 3. The van der Waals surface area contributed by atoms with Crippen molar-refractivity contribution in [1.82, 2.24) is 4.90 Å². The van der Waals surface area contributed by atoms with E-state index in [9.17, 15) is 14.4 Å². The summed E-state index contributed by atoms with van der Waals surface area (Å²) in [4.78, 5) is 38.5. The molecule has 7 nitrogen and oxygen atoms in total. The molecule has 2 amide bonds. The normalized spacial score (nSPS) is 10.7. The average Bonchev–Trinajstić information content (AvgIpc) is 2.97. The third-order valence-corrected chi connectivity index (χ3v) is 5.56. The molecule has 9 heteroatoms. The Bertz CT molecular complexity index is 913. The molecule has 1 aromatic carbocycles. The number of benzene rings is 1. The van der Waals surface area contributed by atoms with Gasteiger partial charge >= 0.3 is 5.97 Å². The maximum Gasteiger partial charge on any atom is 0.348 e. The summed E-state index contributed by atoms with van der Waals surface area (Å²) in [6.07, 6.45) is 0. The highest BCUT2D eigenvalue weighted by molar-refractivity contribution is 9.10. The molecule has 0 saturated heterocycles. The van der Waals surface area contributed by atoms with Crippen LogP contribution in [-0.4, -0.2) is 49.4 Å². The zero-order chi connectivity index (χ0) is 21.6. The van der Waals surface area contributed by atoms with E-state index in [-0.39, 0.29) is 24.9 Å². The van der Waals surface area contributed by atoms with Crippen LogP contribution in [0, 0.1) is 13.8 Å². The van der Waals surface area contributed by atoms with Gasteiger partial charge in [0.1, 0.15) is 4.88 Å². The lowest BCUT2D eigenvalue weighted by atomic mass is 10.2. The molecule has 0 bridgehead atoms. The van der Waals surface area contributed by atoms with Crippen LogP contribution < -0.4 is 10.6 Å². The Balaban J connectivity index is 1.86. The van der Waals surface area contributed by atoms with Gasteiger partial charge in [-0.3, -0.25) is 14.5 Å². The molecule has 2 rings (SSSR count). The van der Waals surface area contributed by atoms with Crippen LogP contribution in [-0.2, 0) is 14.3 Å². The Morgan fingerprint density at radius 2 is 1.72 bits per heavy atom. The summed E-state index contributed by atoms with van der Waals surface area (Å²) >= 11 is 4.56. The third kappa shape index (κ3) is 6.95. The fraction of sp³-hybridized carbons (Fsp3) is 0.350. The maximum absolute atomic E-state index is 12.3. The summed E-state index contributed by atoms with van der Waals surface area (Å²) in [5.41, 5.74) is 2.43. The molecule has 2 N–H and O–H groups in total. The molecule has 0 fully saturated rings. The Morgan fingerprint density at radius 3 is 2.34 bits per heavy atom. The van der Waals surface area contributed by atoms with E-state index in [1.54, 1.807) is 31.9 Å². The SMILES string of the molecule is CCOC(=O)c1sc(NC(=O)CN(C)CC(=O)Nc2ccc(Br)cc2C)cc1C. The van der Waals surface area contributed by atoms with E-state index in [4.69, 9.17) is 4.74 Å².